The van der Waals surface area contributed by atoms with Gasteiger partial charge in [0.15, 0.2) is 0 Å². The highest BCUT2D eigenvalue weighted by atomic mass is 16.5. The second-order valence-corrected chi connectivity index (χ2v) is 4.08. The largest absolute Gasteiger partial charge is 0.469 e. The van der Waals surface area contributed by atoms with Crippen molar-refractivity contribution in [2.75, 3.05) is 7.11 Å². The molecule has 0 aromatic heterocycles. The second-order valence-electron chi connectivity index (χ2n) is 4.08. The average molecular weight is 282 g/mol. The molecule has 0 rings (SSSR count). The molecule has 0 atom stereocenters. The minimum atomic E-state index is -0.157. The Labute approximate surface area is 129 Å². The lowest BCUT2D eigenvalue weighted by Gasteiger charge is -1.95. The third kappa shape index (κ3) is 15.7. The van der Waals surface area contributed by atoms with Gasteiger partial charge in [0.1, 0.15) is 0 Å². The number of unbranched alkanes of at least 4 members (excludes halogenated alkanes) is 2. The van der Waals surface area contributed by atoms with Gasteiger partial charge >= 0.3 is 5.97 Å². The summed E-state index contributed by atoms with van der Waals surface area (Å²) in [4.78, 5) is 10.9. The van der Waals surface area contributed by atoms with Crippen LogP contribution in [0.4, 0.5) is 0 Å². The Morgan fingerprint density at radius 3 is 1.86 bits per heavy atom. The van der Waals surface area contributed by atoms with Crippen molar-refractivity contribution in [1.29, 1.82) is 0 Å². The molecule has 0 aromatic rings. The highest BCUT2D eigenvalue weighted by Crippen LogP contribution is 1.99. The molecule has 0 saturated carbocycles. The normalized spacial score (nSPS) is 7.71. The van der Waals surface area contributed by atoms with Crippen molar-refractivity contribution in [2.45, 2.75) is 58.3 Å². The van der Waals surface area contributed by atoms with Crippen molar-refractivity contribution in [3.05, 3.63) is 0 Å². The van der Waals surface area contributed by atoms with Crippen molar-refractivity contribution in [1.82, 2.24) is 0 Å². The summed E-state index contributed by atoms with van der Waals surface area (Å²) in [5, 5.41) is 0. The molecular weight excluding hydrogens is 260 g/mol. The van der Waals surface area contributed by atoms with Crippen LogP contribution in [-0.4, -0.2) is 13.1 Å². The fraction of sp³-hybridized carbons (Fsp3) is 0.526. The van der Waals surface area contributed by atoms with E-state index in [4.69, 9.17) is 0 Å². The van der Waals surface area contributed by atoms with Crippen LogP contribution in [-0.2, 0) is 9.53 Å². The highest BCUT2D eigenvalue weighted by Gasteiger charge is 1.97. The Morgan fingerprint density at radius 1 is 0.810 bits per heavy atom. The van der Waals surface area contributed by atoms with Gasteiger partial charge in [0.25, 0.3) is 0 Å². The van der Waals surface area contributed by atoms with Crippen molar-refractivity contribution in [3.8, 4) is 47.4 Å². The first-order valence-corrected chi connectivity index (χ1v) is 7.21. The summed E-state index contributed by atoms with van der Waals surface area (Å²) in [5.74, 6) is 23.7. The number of hydrogen-bond acceptors (Lipinski definition) is 2. The molecule has 0 unspecified atom stereocenters. The van der Waals surface area contributed by atoms with Gasteiger partial charge in [-0.15, -0.1) is 11.8 Å². The molecule has 0 radical (unpaired) electrons. The predicted octanol–water partition coefficient (Wildman–Crippen LogP) is 3.31. The fourth-order valence-corrected chi connectivity index (χ4v) is 1.31. The fourth-order valence-electron chi connectivity index (χ4n) is 1.31. The summed E-state index contributed by atoms with van der Waals surface area (Å²) in [7, 11) is 1.41. The van der Waals surface area contributed by atoms with Crippen LogP contribution in [0.25, 0.3) is 0 Å². The molecule has 0 aliphatic carbocycles. The van der Waals surface area contributed by atoms with Crippen LogP contribution in [0, 0.1) is 47.4 Å². The second kappa shape index (κ2) is 15.8. The number of hydrogen-bond donors (Lipinski definition) is 0. The molecule has 0 aromatic carbocycles. The van der Waals surface area contributed by atoms with Gasteiger partial charge in [-0.05, 0) is 12.8 Å². The molecule has 2 nitrogen and oxygen atoms in total. The van der Waals surface area contributed by atoms with Crippen LogP contribution in [0.3, 0.4) is 0 Å². The van der Waals surface area contributed by atoms with Crippen LogP contribution in [0.15, 0.2) is 0 Å². The molecule has 0 N–H and O–H groups in total. The molecule has 0 bridgehead atoms. The van der Waals surface area contributed by atoms with Crippen LogP contribution in [0.2, 0.25) is 0 Å². The van der Waals surface area contributed by atoms with Gasteiger partial charge in [-0.1, -0.05) is 42.4 Å². The molecule has 0 saturated heterocycles. The minimum absolute atomic E-state index is 0.157. The monoisotopic (exact) mass is 282 g/mol. The van der Waals surface area contributed by atoms with Crippen molar-refractivity contribution in [3.63, 3.8) is 0 Å². The zero-order valence-corrected chi connectivity index (χ0v) is 13.0. The molecular formula is C19H22O2. The topological polar surface area (TPSA) is 26.3 Å². The Morgan fingerprint density at radius 2 is 1.33 bits per heavy atom. The lowest BCUT2D eigenvalue weighted by molar-refractivity contribution is -0.140. The van der Waals surface area contributed by atoms with E-state index in [9.17, 15) is 4.79 Å². The highest BCUT2D eigenvalue weighted by molar-refractivity contribution is 5.68. The minimum Gasteiger partial charge on any atom is -0.469 e. The van der Waals surface area contributed by atoms with E-state index < -0.39 is 0 Å². The van der Waals surface area contributed by atoms with Crippen molar-refractivity contribution < 1.29 is 9.53 Å². The maximum Gasteiger partial charge on any atom is 0.305 e. The number of carbonyl (C=O) groups is 1. The van der Waals surface area contributed by atoms with E-state index in [1.165, 1.54) is 7.11 Å². The number of rotatable bonds is 4. The third-order valence-electron chi connectivity index (χ3n) is 2.37. The maximum absolute atomic E-state index is 10.9. The van der Waals surface area contributed by atoms with Crippen molar-refractivity contribution in [2.24, 2.45) is 0 Å². The quantitative estimate of drug-likeness (QED) is 0.449. The Balaban J connectivity index is 3.57. The van der Waals surface area contributed by atoms with Crippen LogP contribution in [0.1, 0.15) is 58.3 Å². The molecule has 0 amide bonds. The Hall–Kier alpha value is -2.29. The maximum atomic E-state index is 10.9. The molecule has 0 aliphatic heterocycles. The van der Waals surface area contributed by atoms with Gasteiger partial charge in [-0.2, -0.15) is 0 Å². The zero-order valence-electron chi connectivity index (χ0n) is 13.0. The molecule has 21 heavy (non-hydrogen) atoms. The number of methoxy groups -OCH3 is 1. The van der Waals surface area contributed by atoms with E-state index in [1.54, 1.807) is 0 Å². The Bertz CT molecular complexity index is 527. The number of esters is 1. The molecule has 110 valence electrons. The zero-order chi connectivity index (χ0) is 15.6. The first-order valence-electron chi connectivity index (χ1n) is 7.21. The van der Waals surface area contributed by atoms with E-state index in [0.717, 1.165) is 25.7 Å². The molecule has 0 aliphatic rings. The van der Waals surface area contributed by atoms with Crippen molar-refractivity contribution >= 4 is 5.97 Å². The lowest BCUT2D eigenvalue weighted by Crippen LogP contribution is -1.98. The first kappa shape index (κ1) is 18.7. The first-order chi connectivity index (χ1) is 10.3. The van der Waals surface area contributed by atoms with Gasteiger partial charge in [-0.3, -0.25) is 4.79 Å². The SMILES string of the molecule is CCC#CCC#CCC#CCC#CCCCCC(=O)OC. The van der Waals surface area contributed by atoms with Gasteiger partial charge in [-0.25, -0.2) is 0 Å². The Kier molecular flexibility index (Phi) is 14.0. The summed E-state index contributed by atoms with van der Waals surface area (Å²) < 4.78 is 4.56. The predicted molar refractivity (Wildman–Crippen MR) is 85.7 cm³/mol. The van der Waals surface area contributed by atoms with Gasteiger partial charge in [0, 0.05) is 19.3 Å². The van der Waals surface area contributed by atoms with Crippen LogP contribution in [0.5, 0.6) is 0 Å². The molecule has 2 heteroatoms. The van der Waals surface area contributed by atoms with E-state index >= 15 is 0 Å². The third-order valence-corrected chi connectivity index (χ3v) is 2.37. The van der Waals surface area contributed by atoms with Gasteiger partial charge < -0.3 is 4.74 Å². The van der Waals surface area contributed by atoms with Crippen LogP contribution >= 0.6 is 0 Å². The van der Waals surface area contributed by atoms with E-state index in [-0.39, 0.29) is 5.97 Å². The summed E-state index contributed by atoms with van der Waals surface area (Å²) in [5.41, 5.74) is 0. The van der Waals surface area contributed by atoms with Gasteiger partial charge in [0.2, 0.25) is 0 Å². The smallest absolute Gasteiger partial charge is 0.305 e. The summed E-state index contributed by atoms with van der Waals surface area (Å²) in [6, 6.07) is 0. The summed E-state index contributed by atoms with van der Waals surface area (Å²) in [6.45, 7) is 2.02. The molecule has 0 spiro atoms. The van der Waals surface area contributed by atoms with Crippen LogP contribution < -0.4 is 0 Å². The number of ether oxygens (including phenoxy) is 1. The van der Waals surface area contributed by atoms with Gasteiger partial charge in [0.05, 0.1) is 26.4 Å². The standard InChI is InChI=1S/C19H22O2/c1-3-4-5-6-7-8-9-10-11-12-13-14-15-16-17-18-19(20)21-2/h3,6,9,12,15-18H2,1-2H3. The molecule has 0 heterocycles. The lowest BCUT2D eigenvalue weighted by atomic mass is 10.2. The number of carbonyl (C=O) groups excluding carboxylic acids is 1. The van der Waals surface area contributed by atoms with E-state index in [2.05, 4.69) is 52.1 Å². The summed E-state index contributed by atoms with van der Waals surface area (Å²) in [6.07, 6.45) is 5.67. The average Bonchev–Trinajstić information content (AvgIpc) is 2.50. The summed E-state index contributed by atoms with van der Waals surface area (Å²) >= 11 is 0. The molecule has 0 fully saturated rings. The van der Waals surface area contributed by atoms with E-state index in [0.29, 0.717) is 25.7 Å². The van der Waals surface area contributed by atoms with E-state index in [1.807, 2.05) is 6.92 Å².